The highest BCUT2D eigenvalue weighted by molar-refractivity contribution is 5.98. The second-order valence-corrected chi connectivity index (χ2v) is 7.90. The predicted molar refractivity (Wildman–Crippen MR) is 126 cm³/mol. The van der Waals surface area contributed by atoms with Gasteiger partial charge in [-0.3, -0.25) is 0 Å². The first kappa shape index (κ1) is 24.8. The number of esters is 1. The summed E-state index contributed by atoms with van der Waals surface area (Å²) in [5.74, 6) is -1.45. The normalized spacial score (nSPS) is 12.6. The molecule has 0 bridgehead atoms. The minimum atomic E-state index is -1.02. The van der Waals surface area contributed by atoms with E-state index in [1.54, 1.807) is 19.1 Å². The highest BCUT2D eigenvalue weighted by atomic mass is 19.1. The van der Waals surface area contributed by atoms with Crippen molar-refractivity contribution < 1.29 is 33.3 Å². The van der Waals surface area contributed by atoms with Gasteiger partial charge in [0.25, 0.3) is 0 Å². The van der Waals surface area contributed by atoms with E-state index in [9.17, 15) is 19.1 Å². The summed E-state index contributed by atoms with van der Waals surface area (Å²) in [6.45, 7) is 5.72. The van der Waals surface area contributed by atoms with Crippen LogP contribution < -0.4 is 0 Å². The first-order valence-electron chi connectivity index (χ1n) is 11.0. The van der Waals surface area contributed by atoms with Gasteiger partial charge in [0, 0.05) is 28.9 Å². The maximum absolute atomic E-state index is 13.7. The quantitative estimate of drug-likeness (QED) is 0.238. The number of hydrogen-bond acceptors (Lipinski definition) is 6. The number of aromatic nitrogens is 1. The molecule has 1 N–H and O–H groups in total. The molecule has 1 heterocycles. The number of fused-ring (bicyclic) bond motifs is 1. The Hall–Kier alpha value is -3.81. The molecule has 7 nitrogen and oxygen atoms in total. The molecule has 0 fully saturated rings. The van der Waals surface area contributed by atoms with E-state index in [-0.39, 0.29) is 30.6 Å². The van der Waals surface area contributed by atoms with E-state index in [0.29, 0.717) is 11.3 Å². The number of carbonyl (C=O) groups excluding carboxylic acids is 2. The van der Waals surface area contributed by atoms with E-state index < -0.39 is 18.2 Å². The Morgan fingerprint density at radius 3 is 2.41 bits per heavy atom. The molecule has 0 aliphatic carbocycles. The molecule has 0 spiro atoms. The van der Waals surface area contributed by atoms with Crippen LogP contribution in [0.1, 0.15) is 45.0 Å². The van der Waals surface area contributed by atoms with E-state index in [0.717, 1.165) is 22.5 Å². The number of methoxy groups -OCH3 is 1. The maximum atomic E-state index is 13.7. The SMILES string of the molecule is CCOC(=O)OC(C/C(O)=C/C(=O)OC)c1c(-c2ccc(F)cc2)c2ccccc2n1C(C)C. The molecule has 3 aromatic rings. The van der Waals surface area contributed by atoms with Gasteiger partial charge in [-0.2, -0.15) is 0 Å². The fourth-order valence-electron chi connectivity index (χ4n) is 3.98. The minimum Gasteiger partial charge on any atom is -0.512 e. The van der Waals surface area contributed by atoms with Crippen LogP contribution in [0.15, 0.2) is 60.4 Å². The van der Waals surface area contributed by atoms with Crippen molar-refractivity contribution >= 4 is 23.0 Å². The zero-order chi connectivity index (χ0) is 24.8. The van der Waals surface area contributed by atoms with E-state index in [1.165, 1.54) is 19.2 Å². The summed E-state index contributed by atoms with van der Waals surface area (Å²) in [4.78, 5) is 24.0. The van der Waals surface area contributed by atoms with Crippen molar-refractivity contribution in [2.24, 2.45) is 0 Å². The van der Waals surface area contributed by atoms with E-state index in [2.05, 4.69) is 4.74 Å². The molecule has 8 heteroatoms. The lowest BCUT2D eigenvalue weighted by Crippen LogP contribution is -2.19. The molecule has 34 heavy (non-hydrogen) atoms. The van der Waals surface area contributed by atoms with Crippen LogP contribution in [-0.2, 0) is 19.0 Å². The predicted octanol–water partition coefficient (Wildman–Crippen LogP) is 6.25. The van der Waals surface area contributed by atoms with Crippen LogP contribution >= 0.6 is 0 Å². The molecular formula is C26H28FNO6. The Labute approximate surface area is 197 Å². The summed E-state index contributed by atoms with van der Waals surface area (Å²) in [5.41, 5.74) is 2.90. The molecule has 1 aromatic heterocycles. The second kappa shape index (κ2) is 10.9. The molecule has 2 aromatic carbocycles. The van der Waals surface area contributed by atoms with Crippen molar-refractivity contribution in [2.75, 3.05) is 13.7 Å². The van der Waals surface area contributed by atoms with Gasteiger partial charge in [0.2, 0.25) is 0 Å². The summed E-state index contributed by atoms with van der Waals surface area (Å²) in [6, 6.07) is 13.6. The van der Waals surface area contributed by atoms with Crippen LogP contribution in [0, 0.1) is 5.82 Å². The third kappa shape index (κ3) is 5.39. The third-order valence-electron chi connectivity index (χ3n) is 5.28. The van der Waals surface area contributed by atoms with Crippen molar-refractivity contribution in [3.63, 3.8) is 0 Å². The third-order valence-corrected chi connectivity index (χ3v) is 5.28. The zero-order valence-corrected chi connectivity index (χ0v) is 19.6. The van der Waals surface area contributed by atoms with E-state index in [4.69, 9.17) is 9.47 Å². The first-order valence-corrected chi connectivity index (χ1v) is 11.0. The lowest BCUT2D eigenvalue weighted by molar-refractivity contribution is -0.135. The highest BCUT2D eigenvalue weighted by Gasteiger charge is 2.30. The van der Waals surface area contributed by atoms with Crippen LogP contribution in [0.2, 0.25) is 0 Å². The highest BCUT2D eigenvalue weighted by Crippen LogP contribution is 2.42. The summed E-state index contributed by atoms with van der Waals surface area (Å²) in [6.07, 6.45) is -1.20. The van der Waals surface area contributed by atoms with Gasteiger partial charge in [-0.25, -0.2) is 14.0 Å². The topological polar surface area (TPSA) is 87.0 Å². The van der Waals surface area contributed by atoms with Crippen molar-refractivity contribution in [3.05, 3.63) is 71.9 Å². The minimum absolute atomic E-state index is 0.0610. The average Bonchev–Trinajstić information content (AvgIpc) is 3.14. The Balaban J connectivity index is 2.29. The van der Waals surface area contributed by atoms with Gasteiger partial charge in [0.1, 0.15) is 11.6 Å². The molecule has 180 valence electrons. The zero-order valence-electron chi connectivity index (χ0n) is 19.6. The number of rotatable bonds is 8. The number of halogens is 1. The van der Waals surface area contributed by atoms with E-state index >= 15 is 0 Å². The molecule has 1 atom stereocenters. The molecule has 1 unspecified atom stereocenters. The summed E-state index contributed by atoms with van der Waals surface area (Å²) >= 11 is 0. The molecule has 0 aliphatic heterocycles. The molecule has 0 amide bonds. The number of carbonyl (C=O) groups is 2. The number of para-hydroxylation sites is 1. The van der Waals surface area contributed by atoms with Gasteiger partial charge in [0.15, 0.2) is 6.10 Å². The van der Waals surface area contributed by atoms with Crippen molar-refractivity contribution in [1.82, 2.24) is 4.57 Å². The van der Waals surface area contributed by atoms with E-state index in [1.807, 2.05) is 42.7 Å². The van der Waals surface area contributed by atoms with Gasteiger partial charge in [-0.15, -0.1) is 0 Å². The monoisotopic (exact) mass is 469 g/mol. The summed E-state index contributed by atoms with van der Waals surface area (Å²) < 4.78 is 31.0. The Morgan fingerprint density at radius 2 is 1.79 bits per heavy atom. The Bertz CT molecular complexity index is 1200. The number of hydrogen-bond donors (Lipinski definition) is 1. The van der Waals surface area contributed by atoms with Gasteiger partial charge in [-0.1, -0.05) is 30.3 Å². The van der Waals surface area contributed by atoms with Crippen LogP contribution in [0.3, 0.4) is 0 Å². The van der Waals surface area contributed by atoms with Crippen LogP contribution in [0.5, 0.6) is 0 Å². The smallest absolute Gasteiger partial charge is 0.508 e. The summed E-state index contributed by atoms with van der Waals surface area (Å²) in [5, 5.41) is 11.4. The molecule has 3 rings (SSSR count). The fourth-order valence-corrected chi connectivity index (χ4v) is 3.98. The average molecular weight is 470 g/mol. The molecule has 0 aliphatic rings. The first-order chi connectivity index (χ1) is 16.3. The number of benzene rings is 2. The van der Waals surface area contributed by atoms with Crippen LogP contribution in [-0.4, -0.2) is 35.5 Å². The van der Waals surface area contributed by atoms with Gasteiger partial charge >= 0.3 is 12.1 Å². The Morgan fingerprint density at radius 1 is 1.12 bits per heavy atom. The standard InChI is InChI=1S/C26H28FNO6/c1-5-33-26(31)34-22(14-19(29)15-23(30)32-4)25-24(17-10-12-18(27)13-11-17)20-8-6-7-9-21(20)28(25)16(2)3/h6-13,15-16,22,29H,5,14H2,1-4H3/b19-15-. The number of aliphatic hydroxyl groups is 1. The van der Waals surface area contributed by atoms with Crippen LogP contribution in [0.4, 0.5) is 9.18 Å². The van der Waals surface area contributed by atoms with Gasteiger partial charge < -0.3 is 23.9 Å². The second-order valence-electron chi connectivity index (χ2n) is 7.90. The number of ether oxygens (including phenoxy) is 3. The largest absolute Gasteiger partial charge is 0.512 e. The maximum Gasteiger partial charge on any atom is 0.508 e. The van der Waals surface area contributed by atoms with Crippen molar-refractivity contribution in [1.29, 1.82) is 0 Å². The van der Waals surface area contributed by atoms with Crippen LogP contribution in [0.25, 0.3) is 22.0 Å². The molecular weight excluding hydrogens is 441 g/mol. The number of aliphatic hydroxyl groups excluding tert-OH is 1. The molecule has 0 saturated heterocycles. The molecule has 0 saturated carbocycles. The lowest BCUT2D eigenvalue weighted by atomic mass is 9.98. The van der Waals surface area contributed by atoms with Crippen molar-refractivity contribution in [3.8, 4) is 11.1 Å². The van der Waals surface area contributed by atoms with Gasteiger partial charge in [0.05, 0.1) is 25.5 Å². The lowest BCUT2D eigenvalue weighted by Gasteiger charge is -2.24. The summed E-state index contributed by atoms with van der Waals surface area (Å²) in [7, 11) is 1.20. The van der Waals surface area contributed by atoms with Gasteiger partial charge in [-0.05, 0) is 44.5 Å². The van der Waals surface area contributed by atoms with Crippen molar-refractivity contribution in [2.45, 2.75) is 39.3 Å². The fraction of sp³-hybridized carbons (Fsp3) is 0.308. The molecule has 0 radical (unpaired) electrons. The Kier molecular flexibility index (Phi) is 7.94. The number of nitrogens with zero attached hydrogens (tertiary/aromatic N) is 1.